The lowest BCUT2D eigenvalue weighted by Crippen LogP contribution is -2.60. The van der Waals surface area contributed by atoms with Gasteiger partial charge in [-0.1, -0.05) is 0 Å². The molecule has 0 aliphatic carbocycles. The summed E-state index contributed by atoms with van der Waals surface area (Å²) in [4.78, 5) is 3.13. The van der Waals surface area contributed by atoms with Gasteiger partial charge in [-0.25, -0.2) is 0 Å². The molecule has 0 atom stereocenters. The molecule has 0 aromatic rings. The second-order valence-corrected chi connectivity index (χ2v) is 4.90. The summed E-state index contributed by atoms with van der Waals surface area (Å²) in [6.45, 7) is 8.67. The van der Waals surface area contributed by atoms with Crippen molar-refractivity contribution in [1.29, 1.82) is 0 Å². The van der Waals surface area contributed by atoms with Gasteiger partial charge in [-0.05, 0) is 20.8 Å². The van der Waals surface area contributed by atoms with Crippen molar-refractivity contribution in [3.8, 4) is 0 Å². The molecule has 3 N–H and O–H groups in total. The second kappa shape index (κ2) is 8.34. The average molecular weight is 222 g/mol. The minimum Gasteiger partial charge on any atom is -0.361 e. The van der Waals surface area contributed by atoms with Crippen LogP contribution in [0.2, 0.25) is 0 Å². The maximum atomic E-state index is 5.54. The number of hydrogen-bond acceptors (Lipinski definition) is 5. The predicted octanol–water partition coefficient (Wildman–Crippen LogP) is 0.0798. The van der Waals surface area contributed by atoms with Crippen molar-refractivity contribution < 1.29 is 13.3 Å². The van der Waals surface area contributed by atoms with Crippen LogP contribution in [-0.2, 0) is 13.3 Å². The van der Waals surface area contributed by atoms with Crippen LogP contribution >= 0.6 is 0 Å². The summed E-state index contributed by atoms with van der Waals surface area (Å²) in [7, 11) is -2.65. The quantitative estimate of drug-likeness (QED) is 0.541. The van der Waals surface area contributed by atoms with Gasteiger partial charge in [0, 0.05) is 32.9 Å². The molecule has 5 nitrogen and oxygen atoms in total. The first-order chi connectivity index (χ1) is 6.74. The smallest absolute Gasteiger partial charge is 0.361 e. The number of nitrogens with two attached hydrogens (primary N) is 1. The van der Waals surface area contributed by atoms with E-state index in [4.69, 9.17) is 19.0 Å². The zero-order chi connectivity index (χ0) is 10.9. The Morgan fingerprint density at radius 1 is 1.00 bits per heavy atom. The van der Waals surface area contributed by atoms with Crippen LogP contribution in [0.3, 0.4) is 0 Å². The van der Waals surface area contributed by atoms with Gasteiger partial charge < -0.3 is 19.0 Å². The number of hydrogen-bond donors (Lipinski definition) is 2. The van der Waals surface area contributed by atoms with E-state index < -0.39 is 8.97 Å². The van der Waals surface area contributed by atoms with Crippen LogP contribution in [-0.4, -0.2) is 41.9 Å². The molecule has 0 aliphatic heterocycles. The van der Waals surface area contributed by atoms with Crippen molar-refractivity contribution in [3.63, 3.8) is 0 Å². The summed E-state index contributed by atoms with van der Waals surface area (Å²) in [5.74, 6) is 0. The van der Waals surface area contributed by atoms with Crippen LogP contribution in [0.5, 0.6) is 0 Å². The Bertz CT molecular complexity index is 121. The van der Waals surface area contributed by atoms with E-state index in [0.29, 0.717) is 32.9 Å². The summed E-state index contributed by atoms with van der Waals surface area (Å²) < 4.78 is 16.6. The molecule has 0 saturated carbocycles. The lowest BCUT2D eigenvalue weighted by Gasteiger charge is -2.28. The maximum absolute atomic E-state index is 5.54. The normalized spacial score (nSPS) is 12.0. The highest BCUT2D eigenvalue weighted by Gasteiger charge is 2.40. The third-order valence-corrected chi connectivity index (χ3v) is 4.18. The molecule has 0 spiro atoms. The number of nitrogens with one attached hydrogen (secondary N) is 1. The fourth-order valence-corrected chi connectivity index (χ4v) is 3.22. The molecule has 0 aliphatic rings. The molecule has 86 valence electrons. The third-order valence-electron chi connectivity index (χ3n) is 1.49. The minimum absolute atomic E-state index is 0.544. The lowest BCUT2D eigenvalue weighted by molar-refractivity contribution is 0.0603. The molecule has 0 fully saturated rings. The van der Waals surface area contributed by atoms with Gasteiger partial charge in [0.15, 0.2) is 0 Å². The summed E-state index contributed by atoms with van der Waals surface area (Å²) in [5.41, 5.74) is 5.42. The molecular formula is C8H22N2O3Si. The van der Waals surface area contributed by atoms with Crippen LogP contribution in [0.15, 0.2) is 0 Å². The van der Waals surface area contributed by atoms with E-state index in [1.807, 2.05) is 20.8 Å². The Kier molecular flexibility index (Phi) is 8.35. The van der Waals surface area contributed by atoms with Crippen molar-refractivity contribution in [2.45, 2.75) is 20.8 Å². The molecular weight excluding hydrogens is 200 g/mol. The van der Waals surface area contributed by atoms with Crippen LogP contribution in [0.4, 0.5) is 0 Å². The van der Waals surface area contributed by atoms with E-state index in [0.717, 1.165) is 0 Å². The molecule has 0 saturated heterocycles. The molecule has 0 bridgehead atoms. The highest BCUT2D eigenvalue weighted by Crippen LogP contribution is 2.05. The number of rotatable bonds is 9. The van der Waals surface area contributed by atoms with E-state index >= 15 is 0 Å². The Morgan fingerprint density at radius 3 is 1.71 bits per heavy atom. The van der Waals surface area contributed by atoms with E-state index in [1.165, 1.54) is 0 Å². The predicted molar refractivity (Wildman–Crippen MR) is 57.7 cm³/mol. The molecule has 0 rings (SSSR count). The van der Waals surface area contributed by atoms with Crippen molar-refractivity contribution >= 4 is 8.97 Å². The monoisotopic (exact) mass is 222 g/mol. The Morgan fingerprint density at radius 2 is 1.43 bits per heavy atom. The topological polar surface area (TPSA) is 65.7 Å². The molecule has 0 unspecified atom stereocenters. The molecule has 6 heteroatoms. The lowest BCUT2D eigenvalue weighted by atomic mass is 10.7. The van der Waals surface area contributed by atoms with E-state index in [9.17, 15) is 0 Å². The van der Waals surface area contributed by atoms with E-state index in [1.54, 1.807) is 0 Å². The summed E-state index contributed by atoms with van der Waals surface area (Å²) in [6, 6.07) is 0. The van der Waals surface area contributed by atoms with Crippen LogP contribution in [0.25, 0.3) is 0 Å². The molecule has 0 aromatic carbocycles. The fraction of sp³-hybridized carbons (Fsp3) is 1.00. The van der Waals surface area contributed by atoms with Gasteiger partial charge in [-0.3, -0.25) is 4.98 Å². The van der Waals surface area contributed by atoms with Crippen LogP contribution in [0.1, 0.15) is 20.8 Å². The van der Waals surface area contributed by atoms with Gasteiger partial charge in [0.2, 0.25) is 0 Å². The van der Waals surface area contributed by atoms with Crippen molar-refractivity contribution in [2.24, 2.45) is 5.73 Å². The molecule has 14 heavy (non-hydrogen) atoms. The van der Waals surface area contributed by atoms with Gasteiger partial charge in [0.1, 0.15) is 0 Å². The zero-order valence-electron chi connectivity index (χ0n) is 9.34. The first-order valence-corrected chi connectivity index (χ1v) is 6.84. The van der Waals surface area contributed by atoms with Gasteiger partial charge in [0.25, 0.3) is 0 Å². The van der Waals surface area contributed by atoms with E-state index in [-0.39, 0.29) is 0 Å². The van der Waals surface area contributed by atoms with E-state index in [2.05, 4.69) is 4.98 Å². The largest absolute Gasteiger partial charge is 0.596 e. The Hall–Kier alpha value is 0.0169. The molecule has 0 aromatic heterocycles. The second-order valence-electron chi connectivity index (χ2n) is 2.57. The van der Waals surface area contributed by atoms with Gasteiger partial charge in [-0.15, -0.1) is 0 Å². The first-order valence-electron chi connectivity index (χ1n) is 5.11. The summed E-state index contributed by atoms with van der Waals surface area (Å²) >= 11 is 0. The summed E-state index contributed by atoms with van der Waals surface area (Å²) in [5, 5.41) is 0. The SMILES string of the molecule is CCO[Si](NCCN)(OCC)OCC. The van der Waals surface area contributed by atoms with Gasteiger partial charge >= 0.3 is 8.97 Å². The minimum atomic E-state index is -2.65. The molecule has 0 heterocycles. The highest BCUT2D eigenvalue weighted by atomic mass is 28.4. The average Bonchev–Trinajstić information content (AvgIpc) is 2.16. The van der Waals surface area contributed by atoms with Crippen molar-refractivity contribution in [1.82, 2.24) is 4.98 Å². The Labute approximate surface area is 87.4 Å². The van der Waals surface area contributed by atoms with Crippen LogP contribution < -0.4 is 10.7 Å². The molecule has 0 radical (unpaired) electrons. The zero-order valence-corrected chi connectivity index (χ0v) is 10.3. The Balaban J connectivity index is 4.21. The van der Waals surface area contributed by atoms with Crippen molar-refractivity contribution in [2.75, 3.05) is 32.9 Å². The molecule has 0 amide bonds. The third kappa shape index (κ3) is 5.04. The summed E-state index contributed by atoms with van der Waals surface area (Å²) in [6.07, 6.45) is 0. The highest BCUT2D eigenvalue weighted by molar-refractivity contribution is 6.57. The first kappa shape index (κ1) is 14.0. The van der Waals surface area contributed by atoms with Crippen LogP contribution in [0, 0.1) is 0 Å². The maximum Gasteiger partial charge on any atom is 0.596 e. The van der Waals surface area contributed by atoms with Gasteiger partial charge in [0.05, 0.1) is 0 Å². The fourth-order valence-electron chi connectivity index (χ4n) is 1.07. The van der Waals surface area contributed by atoms with Crippen molar-refractivity contribution in [3.05, 3.63) is 0 Å². The standard InChI is InChI=1S/C8H22N2O3Si/c1-4-11-14(12-5-2,13-6-3)10-8-7-9/h10H,4-9H2,1-3H3. The van der Waals surface area contributed by atoms with Gasteiger partial charge in [-0.2, -0.15) is 0 Å².